The van der Waals surface area contributed by atoms with Gasteiger partial charge in [-0.3, -0.25) is 9.59 Å². The van der Waals surface area contributed by atoms with Gasteiger partial charge in [0.1, 0.15) is 5.60 Å². The van der Waals surface area contributed by atoms with Gasteiger partial charge in [-0.05, 0) is 59.2 Å². The number of ether oxygens (including phenoxy) is 3. The summed E-state index contributed by atoms with van der Waals surface area (Å²) >= 11 is 0. The molecule has 0 aliphatic carbocycles. The normalized spacial score (nSPS) is 11.2. The van der Waals surface area contributed by atoms with Gasteiger partial charge < -0.3 is 19.1 Å². The standard InChI is InChI=1S/C20H31NO5/c1-14(2)25-16-11-10-15(13-17(16)24-7)19(23)21(6)12-8-9-18(22)26-20(3,4)5/h10-11,13-14H,8-9,12H2,1-7H3. The Hall–Kier alpha value is -2.24. The summed E-state index contributed by atoms with van der Waals surface area (Å²) in [5, 5.41) is 0. The van der Waals surface area contributed by atoms with Gasteiger partial charge in [0.2, 0.25) is 0 Å². The first-order valence-corrected chi connectivity index (χ1v) is 8.85. The lowest BCUT2D eigenvalue weighted by molar-refractivity contribution is -0.154. The van der Waals surface area contributed by atoms with E-state index in [1.807, 2.05) is 34.6 Å². The highest BCUT2D eigenvalue weighted by Crippen LogP contribution is 2.29. The highest BCUT2D eigenvalue weighted by Gasteiger charge is 2.18. The molecule has 0 fully saturated rings. The van der Waals surface area contributed by atoms with E-state index in [9.17, 15) is 9.59 Å². The van der Waals surface area contributed by atoms with Crippen molar-refractivity contribution in [2.75, 3.05) is 20.7 Å². The summed E-state index contributed by atoms with van der Waals surface area (Å²) in [6, 6.07) is 5.12. The Morgan fingerprint density at radius 2 is 1.81 bits per heavy atom. The molecule has 0 saturated heterocycles. The number of benzene rings is 1. The van der Waals surface area contributed by atoms with Crippen LogP contribution in [0.15, 0.2) is 18.2 Å². The maximum Gasteiger partial charge on any atom is 0.306 e. The topological polar surface area (TPSA) is 65.1 Å². The SMILES string of the molecule is COc1cc(C(=O)N(C)CCCC(=O)OC(C)(C)C)ccc1OC(C)C. The third kappa shape index (κ3) is 7.33. The summed E-state index contributed by atoms with van der Waals surface area (Å²) in [5.41, 5.74) is 0.0209. The van der Waals surface area contributed by atoms with Gasteiger partial charge in [-0.2, -0.15) is 0 Å². The summed E-state index contributed by atoms with van der Waals surface area (Å²) < 4.78 is 16.2. The first-order valence-electron chi connectivity index (χ1n) is 8.85. The number of carbonyl (C=O) groups is 2. The zero-order valence-corrected chi connectivity index (χ0v) is 16.9. The Bertz CT molecular complexity index is 619. The Labute approximate surface area is 156 Å². The number of carbonyl (C=O) groups excluding carboxylic acids is 2. The van der Waals surface area contributed by atoms with Gasteiger partial charge in [0.05, 0.1) is 13.2 Å². The molecule has 0 spiro atoms. The Balaban J connectivity index is 2.64. The molecular formula is C20H31NO5. The molecule has 146 valence electrons. The third-order valence-corrected chi connectivity index (χ3v) is 3.41. The van der Waals surface area contributed by atoms with Crippen LogP contribution in [-0.4, -0.2) is 49.2 Å². The molecule has 0 atom stereocenters. The summed E-state index contributed by atoms with van der Waals surface area (Å²) in [6.45, 7) is 9.82. The van der Waals surface area contributed by atoms with Gasteiger partial charge in [0.25, 0.3) is 5.91 Å². The quantitative estimate of drug-likeness (QED) is 0.658. The van der Waals surface area contributed by atoms with E-state index in [-0.39, 0.29) is 24.4 Å². The fraction of sp³-hybridized carbons (Fsp3) is 0.600. The highest BCUT2D eigenvalue weighted by atomic mass is 16.6. The van der Waals surface area contributed by atoms with Crippen molar-refractivity contribution in [2.45, 2.75) is 59.2 Å². The predicted octanol–water partition coefficient (Wildman–Crippen LogP) is 3.68. The molecule has 0 saturated carbocycles. The van der Waals surface area contributed by atoms with Crippen LogP contribution in [0.1, 0.15) is 57.8 Å². The number of amides is 1. The van der Waals surface area contributed by atoms with Crippen LogP contribution in [0.2, 0.25) is 0 Å². The van der Waals surface area contributed by atoms with Gasteiger partial charge in [0, 0.05) is 25.6 Å². The molecule has 26 heavy (non-hydrogen) atoms. The van der Waals surface area contributed by atoms with Crippen LogP contribution < -0.4 is 9.47 Å². The number of methoxy groups -OCH3 is 1. The van der Waals surface area contributed by atoms with Crippen LogP contribution in [0.25, 0.3) is 0 Å². The number of hydrogen-bond acceptors (Lipinski definition) is 5. The molecule has 0 aromatic heterocycles. The smallest absolute Gasteiger partial charge is 0.306 e. The average molecular weight is 365 g/mol. The lowest BCUT2D eigenvalue weighted by atomic mass is 10.1. The molecule has 0 unspecified atom stereocenters. The van der Waals surface area contributed by atoms with Gasteiger partial charge in [0.15, 0.2) is 11.5 Å². The van der Waals surface area contributed by atoms with E-state index >= 15 is 0 Å². The van der Waals surface area contributed by atoms with E-state index in [2.05, 4.69) is 0 Å². The van der Waals surface area contributed by atoms with E-state index in [0.717, 1.165) is 0 Å². The first-order chi connectivity index (χ1) is 12.0. The second-order valence-corrected chi connectivity index (χ2v) is 7.45. The van der Waals surface area contributed by atoms with E-state index in [0.29, 0.717) is 30.0 Å². The van der Waals surface area contributed by atoms with Crippen molar-refractivity contribution in [1.82, 2.24) is 4.90 Å². The van der Waals surface area contributed by atoms with E-state index in [1.165, 1.54) is 0 Å². The first kappa shape index (κ1) is 21.8. The minimum atomic E-state index is -0.491. The molecule has 0 aliphatic rings. The lowest BCUT2D eigenvalue weighted by Gasteiger charge is -2.21. The average Bonchev–Trinajstić information content (AvgIpc) is 2.52. The zero-order valence-electron chi connectivity index (χ0n) is 16.9. The molecule has 0 radical (unpaired) electrons. The molecule has 6 heteroatoms. The van der Waals surface area contributed by atoms with Crippen molar-refractivity contribution in [3.05, 3.63) is 23.8 Å². The molecule has 0 heterocycles. The zero-order chi connectivity index (χ0) is 19.9. The van der Waals surface area contributed by atoms with Crippen molar-refractivity contribution in [3.63, 3.8) is 0 Å². The molecule has 0 bridgehead atoms. The minimum absolute atomic E-state index is 0.0148. The van der Waals surface area contributed by atoms with E-state index in [4.69, 9.17) is 14.2 Å². The Morgan fingerprint density at radius 1 is 1.15 bits per heavy atom. The molecule has 6 nitrogen and oxygen atoms in total. The monoisotopic (exact) mass is 365 g/mol. The van der Waals surface area contributed by atoms with Crippen LogP contribution in [0, 0.1) is 0 Å². The largest absolute Gasteiger partial charge is 0.493 e. The Morgan fingerprint density at radius 3 is 2.35 bits per heavy atom. The maximum absolute atomic E-state index is 12.6. The van der Waals surface area contributed by atoms with Crippen LogP contribution in [-0.2, 0) is 9.53 Å². The summed E-state index contributed by atoms with van der Waals surface area (Å²) in [4.78, 5) is 25.9. The van der Waals surface area contributed by atoms with Gasteiger partial charge in [-0.25, -0.2) is 0 Å². The summed E-state index contributed by atoms with van der Waals surface area (Å²) in [7, 11) is 3.25. The van der Waals surface area contributed by atoms with Gasteiger partial charge in [-0.1, -0.05) is 0 Å². The fourth-order valence-corrected chi connectivity index (χ4v) is 2.33. The molecule has 1 aromatic rings. The number of hydrogen-bond donors (Lipinski definition) is 0. The summed E-state index contributed by atoms with van der Waals surface area (Å²) in [6.07, 6.45) is 0.836. The van der Waals surface area contributed by atoms with Crippen molar-refractivity contribution in [2.24, 2.45) is 0 Å². The Kier molecular flexibility index (Phi) is 7.93. The fourth-order valence-electron chi connectivity index (χ4n) is 2.33. The molecule has 1 amide bonds. The second kappa shape index (κ2) is 9.46. The number of esters is 1. The minimum Gasteiger partial charge on any atom is -0.493 e. The van der Waals surface area contributed by atoms with Crippen LogP contribution >= 0.6 is 0 Å². The van der Waals surface area contributed by atoms with Crippen molar-refractivity contribution in [1.29, 1.82) is 0 Å². The summed E-state index contributed by atoms with van der Waals surface area (Å²) in [5.74, 6) is 0.733. The van der Waals surface area contributed by atoms with Crippen molar-refractivity contribution >= 4 is 11.9 Å². The molecule has 1 aromatic carbocycles. The highest BCUT2D eigenvalue weighted by molar-refractivity contribution is 5.94. The van der Waals surface area contributed by atoms with E-state index in [1.54, 1.807) is 37.3 Å². The molecule has 1 rings (SSSR count). The number of nitrogens with zero attached hydrogens (tertiary/aromatic N) is 1. The van der Waals surface area contributed by atoms with Crippen LogP contribution in [0.4, 0.5) is 0 Å². The van der Waals surface area contributed by atoms with Gasteiger partial charge in [-0.15, -0.1) is 0 Å². The van der Waals surface area contributed by atoms with Crippen molar-refractivity contribution < 1.29 is 23.8 Å². The second-order valence-electron chi connectivity index (χ2n) is 7.45. The molecule has 0 aliphatic heterocycles. The lowest BCUT2D eigenvalue weighted by Crippen LogP contribution is -2.29. The molecule has 0 N–H and O–H groups in total. The maximum atomic E-state index is 12.6. The predicted molar refractivity (Wildman–Crippen MR) is 101 cm³/mol. The number of rotatable bonds is 8. The molecular weight excluding hydrogens is 334 g/mol. The third-order valence-electron chi connectivity index (χ3n) is 3.41. The van der Waals surface area contributed by atoms with Crippen LogP contribution in [0.3, 0.4) is 0 Å². The van der Waals surface area contributed by atoms with Gasteiger partial charge >= 0.3 is 5.97 Å². The van der Waals surface area contributed by atoms with Crippen molar-refractivity contribution in [3.8, 4) is 11.5 Å². The van der Waals surface area contributed by atoms with E-state index < -0.39 is 5.60 Å². The van der Waals surface area contributed by atoms with Crippen LogP contribution in [0.5, 0.6) is 11.5 Å².